The van der Waals surface area contributed by atoms with E-state index in [0.717, 1.165) is 0 Å². The van der Waals surface area contributed by atoms with Crippen LogP contribution in [-0.2, 0) is 13.8 Å². The van der Waals surface area contributed by atoms with E-state index in [-0.39, 0.29) is 36.3 Å². The zero-order valence-electron chi connectivity index (χ0n) is 10.1. The maximum Gasteiger partial charge on any atom is 0.288 e. The molecule has 20 heavy (non-hydrogen) atoms. The number of nitro groups is 1. The molecule has 0 bridgehead atoms. The molecule has 112 valence electrons. The Balaban J connectivity index is 2.33. The molecule has 0 unspecified atom stereocenters. The Kier molecular flexibility index (Phi) is 6.47. The summed E-state index contributed by atoms with van der Waals surface area (Å²) in [5.74, 6) is 0.0759. The fourth-order valence-electron chi connectivity index (χ4n) is 1.20. The molecule has 0 fully saturated rings. The molecule has 0 aliphatic carbocycles. The summed E-state index contributed by atoms with van der Waals surface area (Å²) < 4.78 is 31.4. The summed E-state index contributed by atoms with van der Waals surface area (Å²) in [4.78, 5) is 9.95. The van der Waals surface area contributed by atoms with E-state index in [4.69, 9.17) is 31.8 Å². The lowest BCUT2D eigenvalue weighted by molar-refractivity contribution is -0.384. The van der Waals surface area contributed by atoms with Crippen LogP contribution >= 0.6 is 22.3 Å². The molecule has 0 aromatic heterocycles. The van der Waals surface area contributed by atoms with Gasteiger partial charge in [0.05, 0.1) is 23.9 Å². The van der Waals surface area contributed by atoms with Crippen LogP contribution in [0.2, 0.25) is 5.02 Å². The van der Waals surface area contributed by atoms with Crippen molar-refractivity contribution in [3.05, 3.63) is 33.3 Å². The van der Waals surface area contributed by atoms with E-state index in [1.807, 2.05) is 0 Å². The summed E-state index contributed by atoms with van der Waals surface area (Å²) in [7, 11) is 1.43. The summed E-state index contributed by atoms with van der Waals surface area (Å²) in [6.07, 6.45) is 0. The number of hydrogen-bond donors (Lipinski definition) is 0. The second-order valence-corrected chi connectivity index (χ2v) is 6.88. The lowest BCUT2D eigenvalue weighted by Crippen LogP contribution is -2.12. The molecule has 7 nitrogen and oxygen atoms in total. The van der Waals surface area contributed by atoms with Crippen molar-refractivity contribution in [3.8, 4) is 5.75 Å². The molecule has 0 amide bonds. The molecule has 10 heteroatoms. The molecule has 0 saturated carbocycles. The first-order valence-corrected chi connectivity index (χ1v) is 8.22. The molecule has 0 heterocycles. The highest BCUT2D eigenvalue weighted by molar-refractivity contribution is 8.13. The quantitative estimate of drug-likeness (QED) is 0.310. The van der Waals surface area contributed by atoms with Gasteiger partial charge in [-0.3, -0.25) is 10.1 Å². The highest BCUT2D eigenvalue weighted by Gasteiger charge is 2.12. The van der Waals surface area contributed by atoms with Crippen LogP contribution < -0.4 is 4.74 Å². The lowest BCUT2D eigenvalue weighted by atomic mass is 10.3. The van der Waals surface area contributed by atoms with E-state index < -0.39 is 14.0 Å². The molecule has 0 spiro atoms. The minimum absolute atomic E-state index is 0.0262. The number of nitrogens with zero attached hydrogens (tertiary/aromatic N) is 1. The number of benzene rings is 1. The van der Waals surface area contributed by atoms with E-state index in [1.54, 1.807) is 0 Å². The van der Waals surface area contributed by atoms with Crippen molar-refractivity contribution < 1.29 is 22.8 Å². The SMILES string of the molecule is O=[N+]([O-])c1ccc(OCCOCCS(=O)(=O)Cl)cc1Cl. The molecule has 0 radical (unpaired) electrons. The van der Waals surface area contributed by atoms with Gasteiger partial charge in [0.15, 0.2) is 0 Å². The first-order valence-electron chi connectivity index (χ1n) is 5.36. The van der Waals surface area contributed by atoms with Gasteiger partial charge < -0.3 is 9.47 Å². The van der Waals surface area contributed by atoms with Crippen LogP contribution in [0.25, 0.3) is 0 Å². The fourth-order valence-corrected chi connectivity index (χ4v) is 1.95. The first-order chi connectivity index (χ1) is 9.29. The number of nitro benzene ring substituents is 1. The van der Waals surface area contributed by atoms with E-state index in [9.17, 15) is 18.5 Å². The molecule has 0 aliphatic heterocycles. The van der Waals surface area contributed by atoms with Gasteiger partial charge in [-0.15, -0.1) is 0 Å². The van der Waals surface area contributed by atoms with Gasteiger partial charge in [-0.2, -0.15) is 0 Å². The summed E-state index contributed by atoms with van der Waals surface area (Å²) >= 11 is 5.70. The van der Waals surface area contributed by atoms with Gasteiger partial charge in [-0.25, -0.2) is 8.42 Å². The third-order valence-electron chi connectivity index (χ3n) is 2.08. The van der Waals surface area contributed by atoms with Crippen molar-refractivity contribution in [1.82, 2.24) is 0 Å². The number of ether oxygens (including phenoxy) is 2. The minimum atomic E-state index is -3.56. The van der Waals surface area contributed by atoms with E-state index in [1.165, 1.54) is 18.2 Å². The molecule has 0 aliphatic rings. The van der Waals surface area contributed by atoms with Gasteiger partial charge in [0.1, 0.15) is 17.4 Å². The van der Waals surface area contributed by atoms with Crippen molar-refractivity contribution in [3.63, 3.8) is 0 Å². The third-order valence-corrected chi connectivity index (χ3v) is 3.50. The average molecular weight is 344 g/mol. The number of rotatable bonds is 8. The van der Waals surface area contributed by atoms with Crippen LogP contribution in [0.5, 0.6) is 5.75 Å². The Bertz CT molecular complexity index is 577. The molecular weight excluding hydrogens is 333 g/mol. The van der Waals surface area contributed by atoms with Gasteiger partial charge in [0.25, 0.3) is 5.69 Å². The Morgan fingerprint density at radius 1 is 1.25 bits per heavy atom. The third kappa shape index (κ3) is 6.38. The van der Waals surface area contributed by atoms with Gasteiger partial charge in [0, 0.05) is 22.8 Å². The largest absolute Gasteiger partial charge is 0.491 e. The molecule has 1 rings (SSSR count). The standard InChI is InChI=1S/C10H11Cl2NO6S/c11-9-7-8(1-2-10(9)13(14)15)19-4-3-18-5-6-20(12,16)17/h1-2,7H,3-6H2. The second kappa shape index (κ2) is 7.63. The highest BCUT2D eigenvalue weighted by Crippen LogP contribution is 2.28. The van der Waals surface area contributed by atoms with Crippen molar-refractivity contribution in [2.75, 3.05) is 25.6 Å². The van der Waals surface area contributed by atoms with Gasteiger partial charge >= 0.3 is 0 Å². The summed E-state index contributed by atoms with van der Waals surface area (Å²) in [6, 6.07) is 3.97. The van der Waals surface area contributed by atoms with Crippen molar-refractivity contribution in [2.24, 2.45) is 0 Å². The summed E-state index contributed by atoms with van der Waals surface area (Å²) in [5.41, 5.74) is -0.206. The second-order valence-electron chi connectivity index (χ2n) is 3.57. The van der Waals surface area contributed by atoms with Gasteiger partial charge in [-0.05, 0) is 6.07 Å². The van der Waals surface area contributed by atoms with Gasteiger partial charge in [0.2, 0.25) is 9.05 Å². The first kappa shape index (κ1) is 17.0. The smallest absolute Gasteiger partial charge is 0.288 e. The summed E-state index contributed by atoms with van der Waals surface area (Å²) in [5, 5.41) is 10.5. The highest BCUT2D eigenvalue weighted by atomic mass is 35.7. The molecule has 1 aromatic carbocycles. The normalized spacial score (nSPS) is 11.3. The topological polar surface area (TPSA) is 95.7 Å². The van der Waals surface area contributed by atoms with Crippen LogP contribution in [0.3, 0.4) is 0 Å². The summed E-state index contributed by atoms with van der Waals surface area (Å²) in [6.45, 7) is 0.272. The Labute approximate surface area is 125 Å². The zero-order valence-corrected chi connectivity index (χ0v) is 12.4. The predicted molar refractivity (Wildman–Crippen MR) is 74.1 cm³/mol. The van der Waals surface area contributed by atoms with E-state index in [0.29, 0.717) is 5.75 Å². The zero-order chi connectivity index (χ0) is 15.2. The van der Waals surface area contributed by atoms with Crippen LogP contribution in [0.15, 0.2) is 18.2 Å². The van der Waals surface area contributed by atoms with Gasteiger partial charge in [-0.1, -0.05) is 11.6 Å². The molecule has 0 N–H and O–H groups in total. The molecule has 0 atom stereocenters. The minimum Gasteiger partial charge on any atom is -0.491 e. The van der Waals surface area contributed by atoms with Crippen molar-refractivity contribution >= 4 is 37.0 Å². The maximum atomic E-state index is 10.6. The monoisotopic (exact) mass is 343 g/mol. The molecule has 0 saturated heterocycles. The van der Waals surface area contributed by atoms with Crippen molar-refractivity contribution in [1.29, 1.82) is 0 Å². The molecular formula is C10H11Cl2NO6S. The van der Waals surface area contributed by atoms with Crippen LogP contribution in [0, 0.1) is 10.1 Å². The Hall–Kier alpha value is -1.09. The molecule has 1 aromatic rings. The maximum absolute atomic E-state index is 10.6. The van der Waals surface area contributed by atoms with Crippen molar-refractivity contribution in [2.45, 2.75) is 0 Å². The van der Waals surface area contributed by atoms with Crippen LogP contribution in [0.1, 0.15) is 0 Å². The van der Waals surface area contributed by atoms with Crippen LogP contribution in [0.4, 0.5) is 5.69 Å². The fraction of sp³-hybridized carbons (Fsp3) is 0.400. The van der Waals surface area contributed by atoms with Crippen LogP contribution in [-0.4, -0.2) is 38.9 Å². The number of halogens is 2. The van der Waals surface area contributed by atoms with E-state index in [2.05, 4.69) is 0 Å². The Morgan fingerprint density at radius 3 is 2.50 bits per heavy atom. The lowest BCUT2D eigenvalue weighted by Gasteiger charge is -2.07. The predicted octanol–water partition coefficient (Wildman–Crippen LogP) is 2.21. The van der Waals surface area contributed by atoms with E-state index >= 15 is 0 Å². The Morgan fingerprint density at radius 2 is 1.95 bits per heavy atom. The average Bonchev–Trinajstić information content (AvgIpc) is 2.32. The number of hydrogen-bond acceptors (Lipinski definition) is 6.